The number of likely N-dealkylation sites (N-methyl/N-ethyl adjacent to an activating group) is 1. The van der Waals surface area contributed by atoms with Crippen LogP contribution in [0.3, 0.4) is 0 Å². The average Bonchev–Trinajstić information content (AvgIpc) is 3.69. The fraction of sp³-hybridized carbons (Fsp3) is 0.312. The van der Waals surface area contributed by atoms with Crippen LogP contribution in [0, 0.1) is 5.92 Å². The SMILES string of the molecule is C[C@H](CO)N1C[C@H](C)[C@@H](CN(C)C(=O)Nc2ccc3c(c2)OCO3)Oc2c(NC(=O)c3nc4ccccc4s3)cccc2C1=O. The molecule has 12 nitrogen and oxygen atoms in total. The molecule has 0 saturated heterocycles. The van der Waals surface area contributed by atoms with Crippen molar-refractivity contribution in [2.24, 2.45) is 5.92 Å². The summed E-state index contributed by atoms with van der Waals surface area (Å²) in [5.74, 6) is 0.319. The number of thiazole rings is 1. The number of aliphatic hydroxyl groups excluding tert-OH is 1. The Morgan fingerprint density at radius 2 is 1.91 bits per heavy atom. The maximum Gasteiger partial charge on any atom is 0.321 e. The summed E-state index contributed by atoms with van der Waals surface area (Å²) in [6, 6.07) is 16.7. The molecule has 2 aliphatic rings. The van der Waals surface area contributed by atoms with Crippen molar-refractivity contribution >= 4 is 50.8 Å². The fourth-order valence-electron chi connectivity index (χ4n) is 5.25. The predicted molar refractivity (Wildman–Crippen MR) is 169 cm³/mol. The number of amides is 4. The molecule has 6 rings (SSSR count). The van der Waals surface area contributed by atoms with Crippen LogP contribution in [-0.2, 0) is 0 Å². The number of rotatable bonds is 7. The van der Waals surface area contributed by atoms with Gasteiger partial charge in [-0.3, -0.25) is 9.59 Å². The molecule has 0 spiro atoms. The second kappa shape index (κ2) is 12.6. The van der Waals surface area contributed by atoms with E-state index in [0.717, 1.165) is 4.70 Å². The Labute approximate surface area is 263 Å². The minimum Gasteiger partial charge on any atom is -0.485 e. The van der Waals surface area contributed by atoms with Gasteiger partial charge < -0.3 is 39.8 Å². The summed E-state index contributed by atoms with van der Waals surface area (Å²) in [5.41, 5.74) is 1.79. The normalized spacial score (nSPS) is 18.0. The van der Waals surface area contributed by atoms with Gasteiger partial charge in [0.1, 0.15) is 6.10 Å². The highest BCUT2D eigenvalue weighted by Crippen LogP contribution is 2.36. The monoisotopic (exact) mass is 631 g/mol. The summed E-state index contributed by atoms with van der Waals surface area (Å²) < 4.78 is 18.2. The molecule has 0 fully saturated rings. The van der Waals surface area contributed by atoms with Gasteiger partial charge in [-0.1, -0.05) is 25.1 Å². The maximum absolute atomic E-state index is 13.8. The second-order valence-electron chi connectivity index (χ2n) is 11.1. The minimum atomic E-state index is -0.585. The molecule has 0 saturated carbocycles. The van der Waals surface area contributed by atoms with Gasteiger partial charge >= 0.3 is 6.03 Å². The Morgan fingerprint density at radius 3 is 2.71 bits per heavy atom. The van der Waals surface area contributed by atoms with Gasteiger partial charge in [0.05, 0.1) is 40.7 Å². The summed E-state index contributed by atoms with van der Waals surface area (Å²) in [7, 11) is 1.65. The van der Waals surface area contributed by atoms with Crippen molar-refractivity contribution in [1.29, 1.82) is 0 Å². The van der Waals surface area contributed by atoms with E-state index < -0.39 is 18.1 Å². The Bertz CT molecular complexity index is 1730. The minimum absolute atomic E-state index is 0.127. The van der Waals surface area contributed by atoms with Gasteiger partial charge in [-0.15, -0.1) is 11.3 Å². The van der Waals surface area contributed by atoms with E-state index in [9.17, 15) is 19.5 Å². The summed E-state index contributed by atoms with van der Waals surface area (Å²) in [4.78, 5) is 47.9. The number of aromatic nitrogens is 1. The van der Waals surface area contributed by atoms with Crippen LogP contribution in [0.15, 0.2) is 60.7 Å². The Hall–Kier alpha value is -4.88. The van der Waals surface area contributed by atoms with Crippen molar-refractivity contribution in [3.8, 4) is 17.2 Å². The lowest BCUT2D eigenvalue weighted by Crippen LogP contribution is -2.50. The summed E-state index contributed by atoms with van der Waals surface area (Å²) in [5, 5.41) is 16.0. The smallest absolute Gasteiger partial charge is 0.321 e. The lowest BCUT2D eigenvalue weighted by molar-refractivity contribution is 0.0372. The third kappa shape index (κ3) is 6.22. The van der Waals surface area contributed by atoms with Gasteiger partial charge in [0.15, 0.2) is 22.3 Å². The fourth-order valence-corrected chi connectivity index (χ4v) is 6.11. The highest BCUT2D eigenvalue weighted by atomic mass is 32.1. The molecule has 4 amide bonds. The third-order valence-electron chi connectivity index (χ3n) is 7.85. The van der Waals surface area contributed by atoms with E-state index in [1.165, 1.54) is 16.2 Å². The van der Waals surface area contributed by atoms with Crippen LogP contribution in [0.5, 0.6) is 17.2 Å². The molecule has 0 aliphatic carbocycles. The zero-order valence-corrected chi connectivity index (χ0v) is 25.8. The van der Waals surface area contributed by atoms with E-state index >= 15 is 0 Å². The number of carbonyl (C=O) groups excluding carboxylic acids is 3. The molecule has 45 heavy (non-hydrogen) atoms. The number of hydrogen-bond acceptors (Lipinski definition) is 9. The van der Waals surface area contributed by atoms with Gasteiger partial charge in [0.2, 0.25) is 6.79 Å². The second-order valence-corrected chi connectivity index (χ2v) is 12.2. The first-order chi connectivity index (χ1) is 21.7. The first kappa shape index (κ1) is 30.2. The van der Waals surface area contributed by atoms with E-state index in [0.29, 0.717) is 28.4 Å². The van der Waals surface area contributed by atoms with Crippen molar-refractivity contribution in [2.45, 2.75) is 26.0 Å². The van der Waals surface area contributed by atoms with Crippen LogP contribution >= 0.6 is 11.3 Å². The molecular formula is C32H33N5O7S. The zero-order valence-electron chi connectivity index (χ0n) is 25.0. The molecule has 0 radical (unpaired) electrons. The van der Waals surface area contributed by atoms with Crippen LogP contribution in [-0.4, -0.2) is 83.4 Å². The first-order valence-electron chi connectivity index (χ1n) is 14.5. The number of benzene rings is 3. The molecule has 3 heterocycles. The Morgan fingerprint density at radius 1 is 1.11 bits per heavy atom. The van der Waals surface area contributed by atoms with E-state index in [1.807, 2.05) is 31.2 Å². The number of nitrogens with one attached hydrogen (secondary N) is 2. The molecule has 1 aromatic heterocycles. The topological polar surface area (TPSA) is 143 Å². The molecule has 2 aliphatic heterocycles. The number of para-hydroxylation sites is 2. The lowest BCUT2D eigenvalue weighted by atomic mass is 9.99. The molecule has 0 unspecified atom stereocenters. The molecule has 3 N–H and O–H groups in total. The number of urea groups is 1. The highest BCUT2D eigenvalue weighted by molar-refractivity contribution is 7.20. The van der Waals surface area contributed by atoms with Gasteiger partial charge in [0, 0.05) is 31.3 Å². The van der Waals surface area contributed by atoms with E-state index in [2.05, 4.69) is 15.6 Å². The Balaban J connectivity index is 1.27. The number of aliphatic hydroxyl groups is 1. The number of hydrogen-bond donors (Lipinski definition) is 3. The van der Waals surface area contributed by atoms with E-state index in [4.69, 9.17) is 14.2 Å². The van der Waals surface area contributed by atoms with Crippen molar-refractivity contribution < 1.29 is 33.7 Å². The molecule has 4 aromatic rings. The molecule has 3 aromatic carbocycles. The van der Waals surface area contributed by atoms with Crippen molar-refractivity contribution in [3.05, 3.63) is 71.2 Å². The van der Waals surface area contributed by atoms with Crippen molar-refractivity contribution in [1.82, 2.24) is 14.8 Å². The number of ether oxygens (including phenoxy) is 3. The maximum atomic E-state index is 13.8. The number of carbonyl (C=O) groups is 3. The van der Waals surface area contributed by atoms with Crippen molar-refractivity contribution in [3.63, 3.8) is 0 Å². The first-order valence-corrected chi connectivity index (χ1v) is 15.3. The average molecular weight is 632 g/mol. The van der Waals surface area contributed by atoms with E-state index in [1.54, 1.807) is 55.3 Å². The third-order valence-corrected chi connectivity index (χ3v) is 8.89. The lowest BCUT2D eigenvalue weighted by Gasteiger charge is -2.38. The zero-order chi connectivity index (χ0) is 31.7. The summed E-state index contributed by atoms with van der Waals surface area (Å²) >= 11 is 1.26. The van der Waals surface area contributed by atoms with Crippen molar-refractivity contribution in [2.75, 3.05) is 44.2 Å². The number of nitrogens with zero attached hydrogens (tertiary/aromatic N) is 3. The molecule has 234 valence electrons. The largest absolute Gasteiger partial charge is 0.485 e. The molecular weight excluding hydrogens is 598 g/mol. The van der Waals surface area contributed by atoms with Gasteiger partial charge in [0.25, 0.3) is 11.8 Å². The van der Waals surface area contributed by atoms with Crippen LogP contribution in [0.25, 0.3) is 10.2 Å². The van der Waals surface area contributed by atoms with Crippen LogP contribution in [0.1, 0.15) is 34.0 Å². The molecule has 3 atom stereocenters. The van der Waals surface area contributed by atoms with E-state index in [-0.39, 0.29) is 60.7 Å². The summed E-state index contributed by atoms with van der Waals surface area (Å²) in [6.07, 6.45) is -0.585. The van der Waals surface area contributed by atoms with Crippen LogP contribution in [0.4, 0.5) is 16.2 Å². The number of anilines is 2. The quantitative estimate of drug-likeness (QED) is 0.267. The van der Waals surface area contributed by atoms with Crippen LogP contribution < -0.4 is 24.8 Å². The van der Waals surface area contributed by atoms with Crippen LogP contribution in [0.2, 0.25) is 0 Å². The number of fused-ring (bicyclic) bond motifs is 3. The summed E-state index contributed by atoms with van der Waals surface area (Å²) in [6.45, 7) is 4.03. The predicted octanol–water partition coefficient (Wildman–Crippen LogP) is 4.66. The standard InChI is InChI=1S/C32H33N5O7S/c1-18-14-37(19(2)16-38)31(40)21-7-6-9-23(34-29(39)30-35-22-8-4-5-10-27(22)45-30)28(21)44-26(18)15-36(3)32(41)33-20-11-12-24-25(13-20)43-17-42-24/h4-13,18-19,26,38H,14-17H2,1-3H3,(H,33,41)(H,34,39)/t18-,19+,26+/m0/s1. The molecule has 0 bridgehead atoms. The van der Waals surface area contributed by atoms with Gasteiger partial charge in [-0.25, -0.2) is 9.78 Å². The molecule has 13 heteroatoms. The van der Waals surface area contributed by atoms with Gasteiger partial charge in [-0.05, 0) is 43.3 Å². The highest BCUT2D eigenvalue weighted by Gasteiger charge is 2.35. The van der Waals surface area contributed by atoms with Gasteiger partial charge in [-0.2, -0.15) is 0 Å². The Kier molecular flexibility index (Phi) is 8.46.